The fourth-order valence-corrected chi connectivity index (χ4v) is 4.31. The van der Waals surface area contributed by atoms with Crippen LogP contribution in [0.25, 0.3) is 0 Å². The van der Waals surface area contributed by atoms with Crippen molar-refractivity contribution in [3.05, 3.63) is 0 Å². The third kappa shape index (κ3) is 24.0. The molecular weight excluding hydrogens is 426 g/mol. The second-order valence-electron chi connectivity index (χ2n) is 9.99. The van der Waals surface area contributed by atoms with Crippen LogP contribution in [0.15, 0.2) is 0 Å². The Kier molecular flexibility index (Phi) is 25.6. The van der Waals surface area contributed by atoms with E-state index >= 15 is 0 Å². The maximum Gasteiger partial charge on any atom is 0.321 e. The van der Waals surface area contributed by atoms with Gasteiger partial charge in [0, 0.05) is 0 Å². The van der Waals surface area contributed by atoms with E-state index in [-0.39, 0.29) is 6.42 Å². The Hall–Kier alpha value is -1.10. The van der Waals surface area contributed by atoms with Crippen molar-refractivity contribution >= 4 is 11.9 Å². The van der Waals surface area contributed by atoms with Gasteiger partial charge >= 0.3 is 11.9 Å². The summed E-state index contributed by atoms with van der Waals surface area (Å²) >= 11 is 0. The van der Waals surface area contributed by atoms with Crippen LogP contribution in [0.3, 0.4) is 0 Å². The topological polar surface area (TPSA) is 75.6 Å². The number of hydrogen-bond donors (Lipinski definition) is 2. The standard InChI is InChI=1S/C29H57NO4/c1-3-5-7-9-11-13-15-16-18-20-22-24-30-27(29(32)33)26-28(31)34-25-23-21-19-17-14-12-10-8-6-4-2/h27,30H,3-26H2,1-2H3,(H,32,33). The van der Waals surface area contributed by atoms with E-state index < -0.39 is 18.0 Å². The predicted molar refractivity (Wildman–Crippen MR) is 143 cm³/mol. The van der Waals surface area contributed by atoms with Crippen LogP contribution in [0.5, 0.6) is 0 Å². The lowest BCUT2D eigenvalue weighted by atomic mass is 10.1. The fourth-order valence-electron chi connectivity index (χ4n) is 4.31. The first-order valence-electron chi connectivity index (χ1n) is 14.7. The van der Waals surface area contributed by atoms with Gasteiger partial charge in [-0.25, -0.2) is 0 Å². The van der Waals surface area contributed by atoms with E-state index in [1.807, 2.05) is 0 Å². The van der Waals surface area contributed by atoms with Crippen LogP contribution in [-0.2, 0) is 14.3 Å². The molecule has 0 saturated heterocycles. The highest BCUT2D eigenvalue weighted by Gasteiger charge is 2.21. The molecule has 0 spiro atoms. The van der Waals surface area contributed by atoms with Gasteiger partial charge in [0.2, 0.25) is 0 Å². The molecule has 2 N–H and O–H groups in total. The Labute approximate surface area is 211 Å². The maximum atomic E-state index is 12.0. The molecule has 0 radical (unpaired) electrons. The van der Waals surface area contributed by atoms with Crippen molar-refractivity contribution in [2.45, 2.75) is 161 Å². The molecule has 0 aromatic carbocycles. The Morgan fingerprint density at radius 3 is 1.41 bits per heavy atom. The van der Waals surface area contributed by atoms with E-state index in [0.717, 1.165) is 25.7 Å². The maximum absolute atomic E-state index is 12.0. The van der Waals surface area contributed by atoms with Crippen molar-refractivity contribution in [3.8, 4) is 0 Å². The first-order chi connectivity index (χ1) is 16.6. The number of carbonyl (C=O) groups excluding carboxylic acids is 1. The minimum atomic E-state index is -0.973. The van der Waals surface area contributed by atoms with Gasteiger partial charge in [-0.1, -0.05) is 136 Å². The Bertz CT molecular complexity index is 455. The molecule has 0 aliphatic carbocycles. The van der Waals surface area contributed by atoms with Crippen molar-refractivity contribution in [1.29, 1.82) is 0 Å². The summed E-state index contributed by atoms with van der Waals surface area (Å²) < 4.78 is 5.27. The number of carboxylic acids is 1. The number of aliphatic carboxylic acids is 1. The number of rotatable bonds is 27. The summed E-state index contributed by atoms with van der Waals surface area (Å²) in [4.78, 5) is 23.5. The van der Waals surface area contributed by atoms with Crippen molar-refractivity contribution in [1.82, 2.24) is 5.32 Å². The monoisotopic (exact) mass is 483 g/mol. The number of nitrogens with one attached hydrogen (secondary N) is 1. The molecule has 5 heteroatoms. The largest absolute Gasteiger partial charge is 0.480 e. The highest BCUT2D eigenvalue weighted by Crippen LogP contribution is 2.12. The molecule has 0 rings (SSSR count). The molecule has 0 aliphatic rings. The van der Waals surface area contributed by atoms with Gasteiger partial charge in [0.15, 0.2) is 0 Å². The highest BCUT2D eigenvalue weighted by atomic mass is 16.5. The van der Waals surface area contributed by atoms with E-state index in [9.17, 15) is 14.7 Å². The molecule has 1 atom stereocenters. The fraction of sp³-hybridized carbons (Fsp3) is 0.931. The molecule has 202 valence electrons. The van der Waals surface area contributed by atoms with Crippen molar-refractivity contribution < 1.29 is 19.4 Å². The second-order valence-corrected chi connectivity index (χ2v) is 9.99. The van der Waals surface area contributed by atoms with Crippen LogP contribution >= 0.6 is 0 Å². The van der Waals surface area contributed by atoms with E-state index in [1.165, 1.54) is 109 Å². The third-order valence-electron chi connectivity index (χ3n) is 6.60. The molecule has 34 heavy (non-hydrogen) atoms. The smallest absolute Gasteiger partial charge is 0.321 e. The van der Waals surface area contributed by atoms with Gasteiger partial charge in [-0.2, -0.15) is 0 Å². The first kappa shape index (κ1) is 32.9. The zero-order valence-electron chi connectivity index (χ0n) is 22.7. The molecule has 0 heterocycles. The van der Waals surface area contributed by atoms with Crippen LogP contribution < -0.4 is 5.32 Å². The summed E-state index contributed by atoms with van der Waals surface area (Å²) in [5, 5.41) is 12.4. The second kappa shape index (κ2) is 26.5. The van der Waals surface area contributed by atoms with E-state index in [1.54, 1.807) is 0 Å². The Morgan fingerprint density at radius 2 is 1.00 bits per heavy atom. The Balaban J connectivity index is 3.58. The quantitative estimate of drug-likeness (QED) is 0.0909. The minimum absolute atomic E-state index is 0.0921. The van der Waals surface area contributed by atoms with Gasteiger partial charge in [-0.05, 0) is 19.4 Å². The molecule has 0 aromatic heterocycles. The summed E-state index contributed by atoms with van der Waals surface area (Å²) in [5.41, 5.74) is 0. The van der Waals surface area contributed by atoms with Gasteiger partial charge < -0.3 is 15.2 Å². The average Bonchev–Trinajstić information content (AvgIpc) is 2.82. The summed E-state index contributed by atoms with van der Waals surface area (Å²) in [6.07, 6.45) is 26.2. The first-order valence-corrected chi connectivity index (χ1v) is 14.7. The van der Waals surface area contributed by atoms with E-state index in [2.05, 4.69) is 19.2 Å². The number of carboxylic acid groups (broad SMARTS) is 1. The molecule has 0 saturated carbocycles. The van der Waals surface area contributed by atoms with Crippen molar-refractivity contribution in [2.75, 3.05) is 13.2 Å². The minimum Gasteiger partial charge on any atom is -0.480 e. The van der Waals surface area contributed by atoms with Crippen LogP contribution in [0.1, 0.15) is 155 Å². The van der Waals surface area contributed by atoms with Crippen LogP contribution in [-0.4, -0.2) is 36.2 Å². The van der Waals surface area contributed by atoms with Crippen molar-refractivity contribution in [3.63, 3.8) is 0 Å². The predicted octanol–water partition coefficient (Wildman–Crippen LogP) is 8.19. The molecule has 1 unspecified atom stereocenters. The molecule has 5 nitrogen and oxygen atoms in total. The number of hydrogen-bond acceptors (Lipinski definition) is 4. The summed E-state index contributed by atoms with van der Waals surface area (Å²) in [5.74, 6) is -1.38. The lowest BCUT2D eigenvalue weighted by Gasteiger charge is -2.14. The summed E-state index contributed by atoms with van der Waals surface area (Å²) in [7, 11) is 0. The molecule has 0 aromatic rings. The van der Waals surface area contributed by atoms with Gasteiger partial charge in [0.25, 0.3) is 0 Å². The van der Waals surface area contributed by atoms with Gasteiger partial charge in [0.1, 0.15) is 6.04 Å². The SMILES string of the molecule is CCCCCCCCCCCCCNC(CC(=O)OCCCCCCCCCCCC)C(=O)O. The Morgan fingerprint density at radius 1 is 0.618 bits per heavy atom. The number of ether oxygens (including phenoxy) is 1. The molecular formula is C29H57NO4. The van der Waals surface area contributed by atoms with Gasteiger partial charge in [-0.15, -0.1) is 0 Å². The average molecular weight is 484 g/mol. The van der Waals surface area contributed by atoms with Crippen molar-refractivity contribution in [2.24, 2.45) is 0 Å². The summed E-state index contributed by atoms with van der Waals surface area (Å²) in [6.45, 7) is 5.53. The lowest BCUT2D eigenvalue weighted by Crippen LogP contribution is -2.39. The number of carbonyl (C=O) groups is 2. The number of esters is 1. The van der Waals surface area contributed by atoms with Crippen LogP contribution in [0.2, 0.25) is 0 Å². The lowest BCUT2D eigenvalue weighted by molar-refractivity contribution is -0.149. The number of unbranched alkanes of at least 4 members (excludes halogenated alkanes) is 19. The van der Waals surface area contributed by atoms with E-state index in [4.69, 9.17) is 4.74 Å². The van der Waals surface area contributed by atoms with Gasteiger partial charge in [0.05, 0.1) is 13.0 Å². The third-order valence-corrected chi connectivity index (χ3v) is 6.60. The zero-order chi connectivity index (χ0) is 25.1. The highest BCUT2D eigenvalue weighted by molar-refractivity contribution is 5.81. The van der Waals surface area contributed by atoms with E-state index in [0.29, 0.717) is 13.2 Å². The summed E-state index contributed by atoms with van der Waals surface area (Å²) in [6, 6.07) is -0.844. The molecule has 0 aliphatic heterocycles. The van der Waals surface area contributed by atoms with Crippen LogP contribution in [0, 0.1) is 0 Å². The van der Waals surface area contributed by atoms with Crippen LogP contribution in [0.4, 0.5) is 0 Å². The molecule has 0 bridgehead atoms. The molecule has 0 amide bonds. The molecule has 0 fully saturated rings. The van der Waals surface area contributed by atoms with Gasteiger partial charge in [-0.3, -0.25) is 9.59 Å². The zero-order valence-corrected chi connectivity index (χ0v) is 22.7. The normalized spacial score (nSPS) is 12.1.